The lowest BCUT2D eigenvalue weighted by atomic mass is 9.88. The fourth-order valence-corrected chi connectivity index (χ4v) is 2.55. The lowest BCUT2D eigenvalue weighted by molar-refractivity contribution is 0.657. The number of benzene rings is 1. The molecule has 1 nitrogen and oxygen atoms in total. The number of rotatable bonds is 3. The van der Waals surface area contributed by atoms with Crippen LogP contribution in [0.2, 0.25) is 0 Å². The standard InChI is InChI=1S/C14H22.C4H10S.C2H6.H2O/c1-6-7-11(3)14-12(4)8-10(2)9-13(14)5;1-4(2,3)5;1-2;/h8-9,11H,6-7H2,1-5H3;5H,1-3H3;1-2H3;1H2. The Morgan fingerprint density at radius 3 is 1.59 bits per heavy atom. The molecule has 2 heteroatoms. The highest BCUT2D eigenvalue weighted by molar-refractivity contribution is 7.81. The van der Waals surface area contributed by atoms with E-state index in [9.17, 15) is 0 Å². The predicted octanol–water partition coefficient (Wildman–Crippen LogP) is 6.43. The van der Waals surface area contributed by atoms with Crippen molar-refractivity contribution in [2.75, 3.05) is 0 Å². The van der Waals surface area contributed by atoms with E-state index >= 15 is 0 Å². The van der Waals surface area contributed by atoms with Gasteiger partial charge in [0.15, 0.2) is 0 Å². The second-order valence-corrected chi connectivity index (χ2v) is 8.01. The summed E-state index contributed by atoms with van der Waals surface area (Å²) >= 11 is 4.12. The Labute approximate surface area is 145 Å². The van der Waals surface area contributed by atoms with Gasteiger partial charge in [-0.25, -0.2) is 0 Å². The van der Waals surface area contributed by atoms with E-state index in [4.69, 9.17) is 0 Å². The molecule has 1 unspecified atom stereocenters. The smallest absolute Gasteiger partial charge is 0.00449 e. The third-order valence-electron chi connectivity index (χ3n) is 2.95. The average molecular weight is 329 g/mol. The van der Waals surface area contributed by atoms with Crippen molar-refractivity contribution in [2.45, 2.75) is 92.7 Å². The molecular weight excluding hydrogens is 288 g/mol. The molecular formula is C20H40OS. The predicted molar refractivity (Wildman–Crippen MR) is 108 cm³/mol. The number of thiol groups is 1. The summed E-state index contributed by atoms with van der Waals surface area (Å²) in [5.74, 6) is 0.709. The van der Waals surface area contributed by atoms with Crippen molar-refractivity contribution in [2.24, 2.45) is 0 Å². The molecule has 0 saturated heterocycles. The number of aryl methyl sites for hydroxylation is 3. The van der Waals surface area contributed by atoms with Crippen molar-refractivity contribution in [3.63, 3.8) is 0 Å². The average Bonchev–Trinajstić information content (AvgIpc) is 2.28. The Morgan fingerprint density at radius 1 is 1.00 bits per heavy atom. The summed E-state index contributed by atoms with van der Waals surface area (Å²) in [7, 11) is 0. The summed E-state index contributed by atoms with van der Waals surface area (Å²) in [4.78, 5) is 0. The molecule has 1 aromatic rings. The third-order valence-corrected chi connectivity index (χ3v) is 2.95. The van der Waals surface area contributed by atoms with Gasteiger partial charge in [-0.2, -0.15) is 12.6 Å². The lowest BCUT2D eigenvalue weighted by Gasteiger charge is -2.17. The first-order valence-corrected chi connectivity index (χ1v) is 8.81. The third kappa shape index (κ3) is 13.2. The summed E-state index contributed by atoms with van der Waals surface area (Å²) in [6, 6.07) is 4.60. The van der Waals surface area contributed by atoms with Crippen LogP contribution in [0, 0.1) is 20.8 Å². The Balaban J connectivity index is -0.000000387. The maximum atomic E-state index is 4.12. The first kappa shape index (κ1) is 26.4. The van der Waals surface area contributed by atoms with Crippen molar-refractivity contribution < 1.29 is 5.48 Å². The molecule has 0 aromatic heterocycles. The van der Waals surface area contributed by atoms with Crippen molar-refractivity contribution >= 4 is 12.6 Å². The van der Waals surface area contributed by atoms with Gasteiger partial charge in [0.25, 0.3) is 0 Å². The van der Waals surface area contributed by atoms with Gasteiger partial charge in [-0.05, 0) is 49.8 Å². The topological polar surface area (TPSA) is 31.5 Å². The van der Waals surface area contributed by atoms with Crippen LogP contribution < -0.4 is 0 Å². The van der Waals surface area contributed by atoms with E-state index in [1.807, 2.05) is 13.8 Å². The Kier molecular flexibility index (Phi) is 15.6. The molecule has 0 heterocycles. The summed E-state index contributed by atoms with van der Waals surface area (Å²) < 4.78 is 0.194. The zero-order chi connectivity index (χ0) is 17.2. The minimum Gasteiger partial charge on any atom is -0.412 e. The zero-order valence-corrected chi connectivity index (χ0v) is 17.5. The second-order valence-electron chi connectivity index (χ2n) is 6.67. The highest BCUT2D eigenvalue weighted by Crippen LogP contribution is 2.27. The van der Waals surface area contributed by atoms with Gasteiger partial charge in [-0.3, -0.25) is 0 Å². The van der Waals surface area contributed by atoms with Gasteiger partial charge in [0.1, 0.15) is 0 Å². The van der Waals surface area contributed by atoms with Gasteiger partial charge >= 0.3 is 0 Å². The van der Waals surface area contributed by atoms with Crippen LogP contribution in [0.3, 0.4) is 0 Å². The quantitative estimate of drug-likeness (QED) is 0.620. The van der Waals surface area contributed by atoms with Crippen molar-refractivity contribution in [3.05, 3.63) is 34.4 Å². The van der Waals surface area contributed by atoms with Crippen LogP contribution in [-0.2, 0) is 0 Å². The molecule has 0 aliphatic heterocycles. The molecule has 0 aliphatic rings. The molecule has 1 aromatic carbocycles. The summed E-state index contributed by atoms with van der Waals surface area (Å²) in [5.41, 5.74) is 5.87. The molecule has 0 saturated carbocycles. The number of hydrogen-bond donors (Lipinski definition) is 1. The molecule has 0 radical (unpaired) electrons. The van der Waals surface area contributed by atoms with Crippen molar-refractivity contribution in [1.82, 2.24) is 0 Å². The fourth-order valence-electron chi connectivity index (χ4n) is 2.55. The molecule has 0 fully saturated rings. The van der Waals surface area contributed by atoms with Crippen LogP contribution in [0.15, 0.2) is 12.1 Å². The summed E-state index contributed by atoms with van der Waals surface area (Å²) in [6.07, 6.45) is 2.57. The van der Waals surface area contributed by atoms with Crippen LogP contribution in [0.25, 0.3) is 0 Å². The SMILES string of the molecule is CC.CC(C)(C)S.CCCC(C)c1c(C)cc(C)cc1C.O. The van der Waals surface area contributed by atoms with Gasteiger partial charge in [0.05, 0.1) is 0 Å². The molecule has 132 valence electrons. The van der Waals surface area contributed by atoms with E-state index in [2.05, 4.69) is 80.2 Å². The van der Waals surface area contributed by atoms with Crippen molar-refractivity contribution in [1.29, 1.82) is 0 Å². The van der Waals surface area contributed by atoms with Gasteiger partial charge in [0, 0.05) is 4.75 Å². The highest BCUT2D eigenvalue weighted by Gasteiger charge is 2.10. The Hall–Kier alpha value is -0.470. The fraction of sp³-hybridized carbons (Fsp3) is 0.700. The van der Waals surface area contributed by atoms with Crippen LogP contribution in [0.1, 0.15) is 89.5 Å². The maximum absolute atomic E-state index is 4.12. The van der Waals surface area contributed by atoms with E-state index in [1.54, 1.807) is 5.56 Å². The first-order chi connectivity index (χ1) is 9.56. The second kappa shape index (κ2) is 13.0. The Morgan fingerprint density at radius 2 is 1.32 bits per heavy atom. The van der Waals surface area contributed by atoms with E-state index in [0.29, 0.717) is 5.92 Å². The highest BCUT2D eigenvalue weighted by atomic mass is 32.1. The van der Waals surface area contributed by atoms with Gasteiger partial charge in [0.2, 0.25) is 0 Å². The van der Waals surface area contributed by atoms with Crippen LogP contribution in [0.5, 0.6) is 0 Å². The van der Waals surface area contributed by atoms with Gasteiger partial charge in [-0.15, -0.1) is 0 Å². The maximum Gasteiger partial charge on any atom is 0.00449 e. The molecule has 0 spiro atoms. The molecule has 1 rings (SSSR count). The largest absolute Gasteiger partial charge is 0.412 e. The minimum atomic E-state index is 0. The summed E-state index contributed by atoms with van der Waals surface area (Å²) in [5, 5.41) is 0. The monoisotopic (exact) mass is 328 g/mol. The first-order valence-electron chi connectivity index (χ1n) is 8.36. The zero-order valence-electron chi connectivity index (χ0n) is 16.6. The van der Waals surface area contributed by atoms with Crippen LogP contribution >= 0.6 is 12.6 Å². The van der Waals surface area contributed by atoms with E-state index in [1.165, 1.54) is 29.5 Å². The Bertz CT molecular complexity index is 362. The number of hydrogen-bond acceptors (Lipinski definition) is 1. The van der Waals surface area contributed by atoms with Gasteiger partial charge in [-0.1, -0.05) is 72.6 Å². The molecule has 2 N–H and O–H groups in total. The molecule has 0 amide bonds. The van der Waals surface area contributed by atoms with Gasteiger partial charge < -0.3 is 5.48 Å². The molecule has 22 heavy (non-hydrogen) atoms. The lowest BCUT2D eigenvalue weighted by Crippen LogP contribution is -2.00. The minimum absolute atomic E-state index is 0. The normalized spacial score (nSPS) is 11.2. The molecule has 0 bridgehead atoms. The van der Waals surface area contributed by atoms with Crippen LogP contribution in [0.4, 0.5) is 0 Å². The van der Waals surface area contributed by atoms with Crippen LogP contribution in [-0.4, -0.2) is 10.2 Å². The summed E-state index contributed by atoms with van der Waals surface area (Å²) in [6.45, 7) is 21.4. The van der Waals surface area contributed by atoms with Crippen molar-refractivity contribution in [3.8, 4) is 0 Å². The van der Waals surface area contributed by atoms with E-state index in [0.717, 1.165) is 0 Å². The molecule has 0 aliphatic carbocycles. The molecule has 1 atom stereocenters. The van der Waals surface area contributed by atoms with E-state index < -0.39 is 0 Å². The van der Waals surface area contributed by atoms with E-state index in [-0.39, 0.29) is 10.2 Å².